The molecule has 0 saturated carbocycles. The minimum Gasteiger partial charge on any atom is -0.340 e. The topological polar surface area (TPSA) is 94.7 Å². The second-order valence-electron chi connectivity index (χ2n) is 5.79. The molecule has 1 amide bonds. The Labute approximate surface area is 147 Å². The Morgan fingerprint density at radius 1 is 1.24 bits per heavy atom. The largest absolute Gasteiger partial charge is 0.340 e. The number of carbonyl (C=O) groups excluding carboxylic acids is 1. The summed E-state index contributed by atoms with van der Waals surface area (Å²) >= 11 is 5.92. The number of rotatable bonds is 2. The summed E-state index contributed by atoms with van der Waals surface area (Å²) in [6.07, 6.45) is 3.11. The lowest BCUT2D eigenvalue weighted by molar-refractivity contribution is 0.0725. The summed E-state index contributed by atoms with van der Waals surface area (Å²) in [7, 11) is 0. The molecule has 2 aromatic heterocycles. The summed E-state index contributed by atoms with van der Waals surface area (Å²) in [6.45, 7) is 0.979. The highest BCUT2D eigenvalue weighted by Crippen LogP contribution is 2.24. The zero-order valence-corrected chi connectivity index (χ0v) is 13.9. The summed E-state index contributed by atoms with van der Waals surface area (Å²) in [5.74, 6) is 0.544. The number of amides is 1. The van der Waals surface area contributed by atoms with Gasteiger partial charge in [-0.15, -0.1) is 0 Å². The first-order valence-electron chi connectivity index (χ1n) is 7.78. The number of aromatic amines is 2. The molecule has 0 unspecified atom stereocenters. The van der Waals surface area contributed by atoms with Crippen LogP contribution in [0.4, 0.5) is 0 Å². The number of halogens is 1. The number of nitrogens with one attached hydrogen (secondary N) is 2. The van der Waals surface area contributed by atoms with E-state index in [2.05, 4.69) is 19.9 Å². The molecule has 0 fully saturated rings. The van der Waals surface area contributed by atoms with Crippen molar-refractivity contribution in [2.75, 3.05) is 6.54 Å². The second-order valence-corrected chi connectivity index (χ2v) is 6.23. The van der Waals surface area contributed by atoms with Crippen LogP contribution in [0.25, 0.3) is 11.4 Å². The lowest BCUT2D eigenvalue weighted by Crippen LogP contribution is -2.36. The van der Waals surface area contributed by atoms with Crippen molar-refractivity contribution in [3.63, 3.8) is 0 Å². The maximum atomic E-state index is 12.5. The van der Waals surface area contributed by atoms with Crippen LogP contribution in [0.5, 0.6) is 0 Å². The number of benzene rings is 1. The predicted molar refractivity (Wildman–Crippen MR) is 92.3 cm³/mol. The zero-order valence-electron chi connectivity index (χ0n) is 13.1. The van der Waals surface area contributed by atoms with Crippen LogP contribution in [0.2, 0.25) is 5.02 Å². The van der Waals surface area contributed by atoms with E-state index in [4.69, 9.17) is 11.6 Å². The third kappa shape index (κ3) is 3.06. The van der Waals surface area contributed by atoms with Gasteiger partial charge in [-0.25, -0.2) is 9.97 Å². The van der Waals surface area contributed by atoms with Gasteiger partial charge in [0.05, 0.1) is 24.1 Å². The Bertz CT molecular complexity index is 973. The Kier molecular flexibility index (Phi) is 3.85. The quantitative estimate of drug-likeness (QED) is 0.735. The fraction of sp³-hybridized carbons (Fsp3) is 0.176. The number of hydrogen-bond acceptors (Lipinski definition) is 4. The highest BCUT2D eigenvalue weighted by atomic mass is 35.5. The molecule has 0 radical (unpaired) electrons. The van der Waals surface area contributed by atoms with Gasteiger partial charge in [0.1, 0.15) is 11.5 Å². The van der Waals surface area contributed by atoms with E-state index < -0.39 is 0 Å². The van der Waals surface area contributed by atoms with Gasteiger partial charge >= 0.3 is 0 Å². The third-order valence-electron chi connectivity index (χ3n) is 4.13. The van der Waals surface area contributed by atoms with Gasteiger partial charge in [0.2, 0.25) is 0 Å². The maximum Gasteiger partial charge on any atom is 0.274 e. The summed E-state index contributed by atoms with van der Waals surface area (Å²) in [4.78, 5) is 39.6. The molecule has 3 heterocycles. The van der Waals surface area contributed by atoms with E-state index in [9.17, 15) is 9.59 Å². The van der Waals surface area contributed by atoms with Gasteiger partial charge in [-0.3, -0.25) is 9.59 Å². The van der Waals surface area contributed by atoms with E-state index >= 15 is 0 Å². The normalized spacial score (nSPS) is 13.6. The van der Waals surface area contributed by atoms with Crippen molar-refractivity contribution < 1.29 is 4.79 Å². The van der Waals surface area contributed by atoms with Crippen LogP contribution in [0.3, 0.4) is 0 Å². The lowest BCUT2D eigenvalue weighted by atomic mass is 10.1. The lowest BCUT2D eigenvalue weighted by Gasteiger charge is -2.25. The number of fused-ring (bicyclic) bond motifs is 1. The van der Waals surface area contributed by atoms with Crippen LogP contribution in [-0.4, -0.2) is 37.3 Å². The van der Waals surface area contributed by atoms with Gasteiger partial charge in [0.15, 0.2) is 0 Å². The first kappa shape index (κ1) is 15.6. The molecule has 126 valence electrons. The van der Waals surface area contributed by atoms with E-state index in [1.807, 2.05) is 24.3 Å². The van der Waals surface area contributed by atoms with Crippen LogP contribution in [-0.2, 0) is 13.0 Å². The monoisotopic (exact) mass is 355 g/mol. The van der Waals surface area contributed by atoms with Crippen molar-refractivity contribution in [1.82, 2.24) is 24.8 Å². The predicted octanol–water partition coefficient (Wildman–Crippen LogP) is 2.01. The molecule has 4 rings (SSSR count). The fourth-order valence-electron chi connectivity index (χ4n) is 2.83. The van der Waals surface area contributed by atoms with E-state index in [-0.39, 0.29) is 17.2 Å². The van der Waals surface area contributed by atoms with Crippen molar-refractivity contribution >= 4 is 17.5 Å². The van der Waals surface area contributed by atoms with Crippen LogP contribution in [0, 0.1) is 0 Å². The maximum absolute atomic E-state index is 12.5. The van der Waals surface area contributed by atoms with Crippen molar-refractivity contribution in [2.45, 2.75) is 13.0 Å². The minimum atomic E-state index is -0.335. The Morgan fingerprint density at radius 3 is 2.76 bits per heavy atom. The van der Waals surface area contributed by atoms with Gasteiger partial charge in [0.25, 0.3) is 11.5 Å². The Balaban J connectivity index is 1.57. The molecule has 2 N–H and O–H groups in total. The third-order valence-corrected chi connectivity index (χ3v) is 4.38. The van der Waals surface area contributed by atoms with Gasteiger partial charge in [-0.1, -0.05) is 11.6 Å². The van der Waals surface area contributed by atoms with E-state index in [0.717, 1.165) is 29.0 Å². The molecular weight excluding hydrogens is 342 g/mol. The molecule has 3 aromatic rings. The average molecular weight is 356 g/mol. The standard InChI is InChI=1S/C17H14ClN5O2/c18-11-3-1-10(2-4-11)16-21-12-5-6-23(9-14(12)22-16)17(25)13-7-20-15(24)8-19-13/h1-4,7-8H,5-6,9H2,(H,20,24)(H,21,22). The van der Waals surface area contributed by atoms with E-state index in [1.54, 1.807) is 4.90 Å². The van der Waals surface area contributed by atoms with Crippen LogP contribution < -0.4 is 5.56 Å². The molecule has 0 saturated heterocycles. The molecule has 1 aliphatic heterocycles. The molecule has 0 atom stereocenters. The summed E-state index contributed by atoms with van der Waals surface area (Å²) in [5.41, 5.74) is 2.70. The SMILES string of the molecule is O=C(c1c[nH]c(=O)cn1)N1CCc2nc(-c3ccc(Cl)cc3)[nH]c2C1. The average Bonchev–Trinajstić information content (AvgIpc) is 3.05. The van der Waals surface area contributed by atoms with Crippen LogP contribution >= 0.6 is 11.6 Å². The second kappa shape index (κ2) is 6.18. The van der Waals surface area contributed by atoms with Crippen LogP contribution in [0.1, 0.15) is 21.9 Å². The number of H-pyrrole nitrogens is 2. The van der Waals surface area contributed by atoms with Gasteiger partial charge < -0.3 is 14.9 Å². The molecule has 25 heavy (non-hydrogen) atoms. The van der Waals surface area contributed by atoms with Crippen molar-refractivity contribution in [3.05, 3.63) is 69.1 Å². The van der Waals surface area contributed by atoms with E-state index in [1.165, 1.54) is 6.20 Å². The highest BCUT2D eigenvalue weighted by molar-refractivity contribution is 6.30. The number of hydrogen-bond donors (Lipinski definition) is 2. The Morgan fingerprint density at radius 2 is 2.04 bits per heavy atom. The molecule has 7 nitrogen and oxygen atoms in total. The van der Waals surface area contributed by atoms with Crippen molar-refractivity contribution in [1.29, 1.82) is 0 Å². The van der Waals surface area contributed by atoms with Gasteiger partial charge in [-0.05, 0) is 24.3 Å². The summed E-state index contributed by atoms with van der Waals surface area (Å²) < 4.78 is 0. The Hall–Kier alpha value is -2.93. The van der Waals surface area contributed by atoms with Crippen molar-refractivity contribution in [3.8, 4) is 11.4 Å². The number of aromatic nitrogens is 4. The number of nitrogens with zero attached hydrogens (tertiary/aromatic N) is 3. The van der Waals surface area contributed by atoms with Crippen molar-refractivity contribution in [2.24, 2.45) is 0 Å². The number of carbonyl (C=O) groups is 1. The molecule has 0 bridgehead atoms. The molecule has 0 aliphatic carbocycles. The summed E-state index contributed by atoms with van der Waals surface area (Å²) in [6, 6.07) is 7.44. The highest BCUT2D eigenvalue weighted by Gasteiger charge is 2.25. The summed E-state index contributed by atoms with van der Waals surface area (Å²) in [5, 5.41) is 0.672. The first-order chi connectivity index (χ1) is 12.1. The molecule has 0 spiro atoms. The smallest absolute Gasteiger partial charge is 0.274 e. The van der Waals surface area contributed by atoms with E-state index in [0.29, 0.717) is 24.5 Å². The van der Waals surface area contributed by atoms with Crippen LogP contribution in [0.15, 0.2) is 41.5 Å². The fourth-order valence-corrected chi connectivity index (χ4v) is 2.96. The molecule has 8 heteroatoms. The van der Waals surface area contributed by atoms with Gasteiger partial charge in [-0.2, -0.15) is 0 Å². The van der Waals surface area contributed by atoms with Gasteiger partial charge in [0, 0.05) is 29.7 Å². The first-order valence-corrected chi connectivity index (χ1v) is 8.15. The number of imidazole rings is 1. The molecular formula is C17H14ClN5O2. The zero-order chi connectivity index (χ0) is 17.4. The molecule has 1 aliphatic rings. The molecule has 1 aromatic carbocycles. The minimum absolute atomic E-state index is 0.218.